The zero-order valence-electron chi connectivity index (χ0n) is 12.6. The lowest BCUT2D eigenvalue weighted by molar-refractivity contribution is 0.960. The minimum atomic E-state index is 0.757. The molecule has 0 saturated carbocycles. The molecule has 1 aromatic carbocycles. The molecule has 3 nitrogen and oxygen atoms in total. The van der Waals surface area contributed by atoms with E-state index in [9.17, 15) is 0 Å². The maximum Gasteiger partial charge on any atom is 0.230 e. The van der Waals surface area contributed by atoms with Gasteiger partial charge in [0, 0.05) is 24.1 Å². The summed E-state index contributed by atoms with van der Waals surface area (Å²) in [7, 11) is 2.02. The SMILES string of the molecule is Cc1ccc(N(C)c2nc(C)c(C)c(C)n2)c(C)c1. The van der Waals surface area contributed by atoms with Crippen molar-refractivity contribution < 1.29 is 0 Å². The first kappa shape index (κ1) is 13.5. The van der Waals surface area contributed by atoms with Crippen LogP contribution < -0.4 is 4.90 Å². The van der Waals surface area contributed by atoms with Crippen molar-refractivity contribution >= 4 is 11.6 Å². The Morgan fingerprint density at radius 3 is 2.00 bits per heavy atom. The second-order valence-electron chi connectivity index (χ2n) is 5.17. The van der Waals surface area contributed by atoms with Crippen LogP contribution >= 0.6 is 0 Å². The largest absolute Gasteiger partial charge is 0.313 e. The van der Waals surface area contributed by atoms with E-state index in [-0.39, 0.29) is 0 Å². The molecule has 0 aliphatic rings. The van der Waals surface area contributed by atoms with Crippen molar-refractivity contribution in [2.24, 2.45) is 0 Å². The number of benzene rings is 1. The fraction of sp³-hybridized carbons (Fsp3) is 0.375. The Balaban J connectivity index is 2.47. The van der Waals surface area contributed by atoms with Gasteiger partial charge in [0.1, 0.15) is 0 Å². The lowest BCUT2D eigenvalue weighted by atomic mass is 10.1. The summed E-state index contributed by atoms with van der Waals surface area (Å²) in [5, 5.41) is 0. The fourth-order valence-electron chi connectivity index (χ4n) is 2.19. The van der Waals surface area contributed by atoms with Crippen molar-refractivity contribution in [1.82, 2.24) is 9.97 Å². The molecule has 0 aliphatic heterocycles. The van der Waals surface area contributed by atoms with Crippen molar-refractivity contribution in [2.75, 3.05) is 11.9 Å². The van der Waals surface area contributed by atoms with E-state index in [2.05, 4.69) is 48.9 Å². The van der Waals surface area contributed by atoms with E-state index in [0.29, 0.717) is 0 Å². The van der Waals surface area contributed by atoms with Gasteiger partial charge in [-0.1, -0.05) is 17.7 Å². The van der Waals surface area contributed by atoms with Crippen LogP contribution in [0.1, 0.15) is 28.1 Å². The van der Waals surface area contributed by atoms with E-state index in [1.54, 1.807) is 0 Å². The van der Waals surface area contributed by atoms with Crippen LogP contribution in [-0.4, -0.2) is 17.0 Å². The van der Waals surface area contributed by atoms with Crippen LogP contribution in [0, 0.1) is 34.6 Å². The molecule has 3 heteroatoms. The van der Waals surface area contributed by atoms with Gasteiger partial charge in [0.2, 0.25) is 5.95 Å². The number of aromatic nitrogens is 2. The molecule has 0 saturated heterocycles. The summed E-state index contributed by atoms with van der Waals surface area (Å²) in [4.78, 5) is 11.2. The van der Waals surface area contributed by atoms with Crippen LogP contribution in [0.5, 0.6) is 0 Å². The molecule has 1 heterocycles. The van der Waals surface area contributed by atoms with E-state index < -0.39 is 0 Å². The average molecular weight is 255 g/mol. The van der Waals surface area contributed by atoms with Gasteiger partial charge in [-0.05, 0) is 51.8 Å². The fourth-order valence-corrected chi connectivity index (χ4v) is 2.19. The summed E-state index contributed by atoms with van der Waals surface area (Å²) < 4.78 is 0. The second-order valence-corrected chi connectivity index (χ2v) is 5.17. The summed E-state index contributed by atoms with van der Waals surface area (Å²) in [6.45, 7) is 10.3. The predicted molar refractivity (Wildman–Crippen MR) is 80.2 cm³/mol. The highest BCUT2D eigenvalue weighted by Crippen LogP contribution is 2.26. The third-order valence-electron chi connectivity index (χ3n) is 3.63. The van der Waals surface area contributed by atoms with E-state index in [1.807, 2.05) is 25.8 Å². The Kier molecular flexibility index (Phi) is 3.56. The minimum absolute atomic E-state index is 0.757. The molecule has 0 atom stereocenters. The van der Waals surface area contributed by atoms with Gasteiger partial charge in [0.15, 0.2) is 0 Å². The zero-order valence-corrected chi connectivity index (χ0v) is 12.6. The van der Waals surface area contributed by atoms with E-state index in [1.165, 1.54) is 11.1 Å². The van der Waals surface area contributed by atoms with Crippen molar-refractivity contribution in [2.45, 2.75) is 34.6 Å². The van der Waals surface area contributed by atoms with Gasteiger partial charge in [-0.25, -0.2) is 9.97 Å². The molecule has 100 valence electrons. The van der Waals surface area contributed by atoms with E-state index in [4.69, 9.17) is 0 Å². The standard InChI is InChI=1S/C16H21N3/c1-10-7-8-15(11(2)9-10)19(6)16-17-13(4)12(3)14(5)18-16/h7-9H,1-6H3. The van der Waals surface area contributed by atoms with Crippen molar-refractivity contribution in [3.05, 3.63) is 46.3 Å². The molecule has 19 heavy (non-hydrogen) atoms. The third-order valence-corrected chi connectivity index (χ3v) is 3.63. The Morgan fingerprint density at radius 1 is 0.895 bits per heavy atom. The first-order chi connectivity index (χ1) is 8.90. The molecule has 0 radical (unpaired) electrons. The minimum Gasteiger partial charge on any atom is -0.313 e. The smallest absolute Gasteiger partial charge is 0.230 e. The Morgan fingerprint density at radius 2 is 1.47 bits per heavy atom. The van der Waals surface area contributed by atoms with Gasteiger partial charge < -0.3 is 4.90 Å². The van der Waals surface area contributed by atoms with Gasteiger partial charge in [-0.3, -0.25) is 0 Å². The van der Waals surface area contributed by atoms with Crippen molar-refractivity contribution in [3.63, 3.8) is 0 Å². The average Bonchev–Trinajstić information content (AvgIpc) is 2.34. The molecular formula is C16H21N3. The number of aryl methyl sites for hydroxylation is 4. The number of rotatable bonds is 2. The Bertz CT molecular complexity index is 594. The maximum atomic E-state index is 4.59. The molecule has 0 amide bonds. The Hall–Kier alpha value is -1.90. The van der Waals surface area contributed by atoms with E-state index >= 15 is 0 Å². The van der Waals surface area contributed by atoms with Crippen LogP contribution in [0.3, 0.4) is 0 Å². The van der Waals surface area contributed by atoms with Crippen LogP contribution in [0.4, 0.5) is 11.6 Å². The number of nitrogens with zero attached hydrogens (tertiary/aromatic N) is 3. The maximum absolute atomic E-state index is 4.59. The predicted octanol–water partition coefficient (Wildman–Crippen LogP) is 3.79. The monoisotopic (exact) mass is 255 g/mol. The van der Waals surface area contributed by atoms with Gasteiger partial charge in [-0.15, -0.1) is 0 Å². The molecule has 0 spiro atoms. The molecule has 0 unspecified atom stereocenters. The summed E-state index contributed by atoms with van der Waals surface area (Å²) in [6.07, 6.45) is 0. The zero-order chi connectivity index (χ0) is 14.2. The molecule has 2 aromatic rings. The second kappa shape index (κ2) is 5.00. The highest BCUT2D eigenvalue weighted by Gasteiger charge is 2.12. The number of hydrogen-bond acceptors (Lipinski definition) is 3. The molecule has 2 rings (SSSR count). The normalized spacial score (nSPS) is 10.6. The number of anilines is 2. The quantitative estimate of drug-likeness (QED) is 0.817. The summed E-state index contributed by atoms with van der Waals surface area (Å²) in [5.41, 5.74) is 6.90. The van der Waals surface area contributed by atoms with Gasteiger partial charge in [0.05, 0.1) is 0 Å². The highest BCUT2D eigenvalue weighted by molar-refractivity contribution is 5.61. The topological polar surface area (TPSA) is 29.0 Å². The number of hydrogen-bond donors (Lipinski definition) is 0. The van der Waals surface area contributed by atoms with Crippen LogP contribution in [0.15, 0.2) is 18.2 Å². The lowest BCUT2D eigenvalue weighted by Gasteiger charge is -2.21. The lowest BCUT2D eigenvalue weighted by Crippen LogP contribution is -2.16. The first-order valence-corrected chi connectivity index (χ1v) is 6.53. The molecule has 0 fully saturated rings. The highest BCUT2D eigenvalue weighted by atomic mass is 15.2. The Labute approximate surface area is 115 Å². The third kappa shape index (κ3) is 2.60. The van der Waals surface area contributed by atoms with Crippen LogP contribution in [0.25, 0.3) is 0 Å². The van der Waals surface area contributed by atoms with Crippen molar-refractivity contribution in [3.8, 4) is 0 Å². The molecular weight excluding hydrogens is 234 g/mol. The van der Waals surface area contributed by atoms with Gasteiger partial charge in [-0.2, -0.15) is 0 Å². The van der Waals surface area contributed by atoms with Gasteiger partial charge >= 0.3 is 0 Å². The molecule has 0 bridgehead atoms. The van der Waals surface area contributed by atoms with Crippen LogP contribution in [0.2, 0.25) is 0 Å². The van der Waals surface area contributed by atoms with Crippen molar-refractivity contribution in [1.29, 1.82) is 0 Å². The van der Waals surface area contributed by atoms with E-state index in [0.717, 1.165) is 28.6 Å². The van der Waals surface area contributed by atoms with Gasteiger partial charge in [0.25, 0.3) is 0 Å². The molecule has 0 N–H and O–H groups in total. The summed E-state index contributed by atoms with van der Waals surface area (Å²) >= 11 is 0. The first-order valence-electron chi connectivity index (χ1n) is 6.53. The molecule has 1 aromatic heterocycles. The van der Waals surface area contributed by atoms with Crippen LogP contribution in [-0.2, 0) is 0 Å². The summed E-state index contributed by atoms with van der Waals surface area (Å²) in [5.74, 6) is 0.757. The summed E-state index contributed by atoms with van der Waals surface area (Å²) in [6, 6.07) is 6.42. The molecule has 0 aliphatic carbocycles.